The smallest absolute Gasteiger partial charge is 0.278 e. The van der Waals surface area contributed by atoms with E-state index in [1.165, 1.54) is 18.1 Å². The lowest BCUT2D eigenvalue weighted by Crippen LogP contribution is -2.34. The van der Waals surface area contributed by atoms with Crippen LogP contribution in [0.15, 0.2) is 41.3 Å². The molecule has 7 heteroatoms. The number of hydrogen-bond acceptors (Lipinski definition) is 5. The van der Waals surface area contributed by atoms with Crippen molar-refractivity contribution in [2.45, 2.75) is 6.61 Å². The van der Waals surface area contributed by atoms with Crippen molar-refractivity contribution < 1.29 is 14.6 Å². The number of nitrogens with zero attached hydrogens (tertiary/aromatic N) is 2. The van der Waals surface area contributed by atoms with Crippen LogP contribution in [-0.4, -0.2) is 46.3 Å². The van der Waals surface area contributed by atoms with Crippen molar-refractivity contribution in [3.63, 3.8) is 0 Å². The first-order valence-electron chi connectivity index (χ1n) is 6.74. The normalized spacial score (nSPS) is 10.3. The molecule has 7 nitrogen and oxygen atoms in total. The van der Waals surface area contributed by atoms with Gasteiger partial charge in [0.05, 0.1) is 12.8 Å². The zero-order valence-electron chi connectivity index (χ0n) is 12.2. The zero-order valence-corrected chi connectivity index (χ0v) is 12.2. The fourth-order valence-electron chi connectivity index (χ4n) is 1.81. The third kappa shape index (κ3) is 3.70. The van der Waals surface area contributed by atoms with Gasteiger partial charge in [0.2, 0.25) is 0 Å². The van der Waals surface area contributed by atoms with Crippen LogP contribution in [0.2, 0.25) is 0 Å². The molecule has 0 aliphatic carbocycles. The summed E-state index contributed by atoms with van der Waals surface area (Å²) in [4.78, 5) is 25.5. The average Bonchev–Trinajstić information content (AvgIpc) is 2.54. The Bertz CT molecular complexity index is 685. The summed E-state index contributed by atoms with van der Waals surface area (Å²) < 4.78 is 5.45. The number of H-pyrrole nitrogens is 1. The van der Waals surface area contributed by atoms with Crippen LogP contribution in [0, 0.1) is 0 Å². The molecule has 0 aliphatic rings. The molecule has 0 saturated heterocycles. The van der Waals surface area contributed by atoms with Crippen LogP contribution in [0.4, 0.5) is 0 Å². The standard InChI is InChI=1S/C15H17N3O4/c1-18(7-8-19)15(21)13-14(20)12(9-16-17-13)22-10-11-5-3-2-4-6-11/h2-6,9,19H,7-8,10H2,1H3,(H,16,20). The number of carbonyl (C=O) groups excluding carboxylic acids is 1. The molecule has 0 atom stereocenters. The Kier molecular flexibility index (Phi) is 5.26. The Labute approximate surface area is 127 Å². The highest BCUT2D eigenvalue weighted by atomic mass is 16.5. The van der Waals surface area contributed by atoms with E-state index in [9.17, 15) is 9.59 Å². The Balaban J connectivity index is 2.15. The van der Waals surface area contributed by atoms with Gasteiger partial charge in [0.1, 0.15) is 6.61 Å². The summed E-state index contributed by atoms with van der Waals surface area (Å²) in [7, 11) is 1.48. The number of rotatable bonds is 6. The number of nitrogens with one attached hydrogen (secondary N) is 1. The van der Waals surface area contributed by atoms with E-state index in [0.717, 1.165) is 5.56 Å². The van der Waals surface area contributed by atoms with Crippen molar-refractivity contribution in [3.05, 3.63) is 58.0 Å². The van der Waals surface area contributed by atoms with Crippen LogP contribution >= 0.6 is 0 Å². The van der Waals surface area contributed by atoms with Gasteiger partial charge in [-0.1, -0.05) is 30.3 Å². The first-order chi connectivity index (χ1) is 10.6. The van der Waals surface area contributed by atoms with Gasteiger partial charge in [0, 0.05) is 13.6 Å². The molecule has 0 saturated carbocycles. The highest BCUT2D eigenvalue weighted by Gasteiger charge is 2.19. The summed E-state index contributed by atoms with van der Waals surface area (Å²) in [6, 6.07) is 9.37. The second-order valence-electron chi connectivity index (χ2n) is 4.65. The van der Waals surface area contributed by atoms with Crippen molar-refractivity contribution in [2.75, 3.05) is 20.2 Å². The first kappa shape index (κ1) is 15.7. The maximum atomic E-state index is 12.2. The third-order valence-corrected chi connectivity index (χ3v) is 3.03. The lowest BCUT2D eigenvalue weighted by molar-refractivity contribution is 0.0757. The van der Waals surface area contributed by atoms with Crippen LogP contribution in [0.5, 0.6) is 5.75 Å². The van der Waals surface area contributed by atoms with E-state index < -0.39 is 11.3 Å². The minimum absolute atomic E-state index is 0.0274. The Morgan fingerprint density at radius 1 is 1.36 bits per heavy atom. The monoisotopic (exact) mass is 303 g/mol. The largest absolute Gasteiger partial charge is 0.483 e. The van der Waals surface area contributed by atoms with Gasteiger partial charge >= 0.3 is 0 Å². The molecule has 0 unspecified atom stereocenters. The van der Waals surface area contributed by atoms with Gasteiger partial charge in [-0.05, 0) is 5.56 Å². The molecule has 22 heavy (non-hydrogen) atoms. The van der Waals surface area contributed by atoms with Gasteiger partial charge in [-0.15, -0.1) is 0 Å². The zero-order chi connectivity index (χ0) is 15.9. The van der Waals surface area contributed by atoms with E-state index in [0.29, 0.717) is 0 Å². The number of aliphatic hydroxyl groups excluding tert-OH is 1. The number of aromatic amines is 1. The van der Waals surface area contributed by atoms with E-state index >= 15 is 0 Å². The second kappa shape index (κ2) is 7.37. The molecule has 0 aliphatic heterocycles. The van der Waals surface area contributed by atoms with Gasteiger partial charge in [-0.3, -0.25) is 14.7 Å². The van der Waals surface area contributed by atoms with Crippen LogP contribution in [-0.2, 0) is 6.61 Å². The van der Waals surface area contributed by atoms with Crippen LogP contribution in [0.25, 0.3) is 0 Å². The summed E-state index contributed by atoms with van der Waals surface area (Å²) in [5, 5.41) is 15.0. The van der Waals surface area contributed by atoms with Crippen LogP contribution in [0.3, 0.4) is 0 Å². The van der Waals surface area contributed by atoms with E-state index in [2.05, 4.69) is 10.2 Å². The Morgan fingerprint density at radius 3 is 2.77 bits per heavy atom. The molecule has 1 heterocycles. The van der Waals surface area contributed by atoms with Crippen molar-refractivity contribution in [2.24, 2.45) is 0 Å². The SMILES string of the molecule is CN(CCO)C(=O)c1n[nH]cc(OCc2ccccc2)c1=O. The van der Waals surface area contributed by atoms with Crippen molar-refractivity contribution >= 4 is 5.91 Å². The fourth-order valence-corrected chi connectivity index (χ4v) is 1.81. The van der Waals surface area contributed by atoms with Crippen LogP contribution in [0.1, 0.15) is 16.1 Å². The molecule has 0 fully saturated rings. The number of amides is 1. The first-order valence-corrected chi connectivity index (χ1v) is 6.74. The average molecular weight is 303 g/mol. The van der Waals surface area contributed by atoms with E-state index in [4.69, 9.17) is 9.84 Å². The number of aromatic nitrogens is 2. The predicted octanol–water partition coefficient (Wildman–Crippen LogP) is 0.413. The molecular formula is C15H17N3O4. The summed E-state index contributed by atoms with van der Waals surface area (Å²) in [6.07, 6.45) is 1.31. The maximum Gasteiger partial charge on any atom is 0.278 e. The summed E-state index contributed by atoms with van der Waals surface area (Å²) in [5.41, 5.74) is 0.0648. The quantitative estimate of drug-likeness (QED) is 0.806. The predicted molar refractivity (Wildman–Crippen MR) is 79.7 cm³/mol. The minimum Gasteiger partial charge on any atom is -0.483 e. The molecular weight excluding hydrogens is 286 g/mol. The van der Waals surface area contributed by atoms with Crippen LogP contribution < -0.4 is 10.2 Å². The Hall–Kier alpha value is -2.67. The summed E-state index contributed by atoms with van der Waals surface area (Å²) >= 11 is 0. The van der Waals surface area contributed by atoms with Gasteiger partial charge in [-0.25, -0.2) is 0 Å². The summed E-state index contributed by atoms with van der Waals surface area (Å²) in [5.74, 6) is -0.542. The van der Waals surface area contributed by atoms with Gasteiger partial charge < -0.3 is 14.7 Å². The van der Waals surface area contributed by atoms with E-state index in [1.807, 2.05) is 30.3 Å². The van der Waals surface area contributed by atoms with Gasteiger partial charge in [0.25, 0.3) is 11.3 Å². The molecule has 2 N–H and O–H groups in total. The molecule has 0 radical (unpaired) electrons. The van der Waals surface area contributed by atoms with Gasteiger partial charge in [0.15, 0.2) is 11.4 Å². The molecule has 2 aromatic rings. The second-order valence-corrected chi connectivity index (χ2v) is 4.65. The molecule has 0 bridgehead atoms. The number of aliphatic hydroxyl groups is 1. The number of carbonyl (C=O) groups is 1. The third-order valence-electron chi connectivity index (χ3n) is 3.03. The van der Waals surface area contributed by atoms with Gasteiger partial charge in [-0.2, -0.15) is 5.10 Å². The lowest BCUT2D eigenvalue weighted by Gasteiger charge is -2.14. The van der Waals surface area contributed by atoms with Crippen molar-refractivity contribution in [1.82, 2.24) is 15.1 Å². The highest BCUT2D eigenvalue weighted by molar-refractivity contribution is 5.92. The fraction of sp³-hybridized carbons (Fsp3) is 0.267. The topological polar surface area (TPSA) is 95.5 Å². The molecule has 116 valence electrons. The Morgan fingerprint density at radius 2 is 2.09 bits per heavy atom. The number of ether oxygens (including phenoxy) is 1. The molecule has 2 rings (SSSR count). The molecule has 0 spiro atoms. The van der Waals surface area contributed by atoms with Crippen molar-refractivity contribution in [3.8, 4) is 5.75 Å². The highest BCUT2D eigenvalue weighted by Crippen LogP contribution is 2.07. The molecule has 1 amide bonds. The maximum absolute atomic E-state index is 12.2. The molecule has 1 aromatic carbocycles. The minimum atomic E-state index is -0.579. The molecule has 1 aromatic heterocycles. The number of benzene rings is 1. The van der Waals surface area contributed by atoms with E-state index in [-0.39, 0.29) is 31.2 Å². The number of hydrogen-bond donors (Lipinski definition) is 2. The number of likely N-dealkylation sites (N-methyl/N-ethyl adjacent to an activating group) is 1. The lowest BCUT2D eigenvalue weighted by atomic mass is 10.2. The summed E-state index contributed by atoms with van der Waals surface area (Å²) in [6.45, 7) is 0.146. The van der Waals surface area contributed by atoms with E-state index in [1.54, 1.807) is 0 Å². The van der Waals surface area contributed by atoms with Crippen molar-refractivity contribution in [1.29, 1.82) is 0 Å².